The fraction of sp³-hybridized carbons (Fsp3) is 0.538. The molecular weight excluding hydrogens is 184 g/mol. The Balaban J connectivity index is 2.40. The molecule has 15 heavy (non-hydrogen) atoms. The van der Waals surface area contributed by atoms with Crippen LogP contribution in [0.5, 0.6) is 0 Å². The van der Waals surface area contributed by atoms with Crippen molar-refractivity contribution < 1.29 is 0 Å². The Morgan fingerprint density at radius 2 is 1.73 bits per heavy atom. The van der Waals surface area contributed by atoms with Gasteiger partial charge in [0.05, 0.1) is 0 Å². The number of hydrogen-bond acceptors (Lipinski definition) is 2. The van der Waals surface area contributed by atoms with E-state index in [4.69, 9.17) is 5.73 Å². The Hall–Kier alpha value is -1.02. The van der Waals surface area contributed by atoms with Gasteiger partial charge in [-0.25, -0.2) is 0 Å². The van der Waals surface area contributed by atoms with Gasteiger partial charge in [-0.2, -0.15) is 0 Å². The number of benzene rings is 1. The molecular formula is C13H22N2. The van der Waals surface area contributed by atoms with Crippen LogP contribution in [-0.4, -0.2) is 12.6 Å². The predicted octanol–water partition coefficient (Wildman–Crippen LogP) is 2.76. The largest absolute Gasteiger partial charge is 0.399 e. The highest BCUT2D eigenvalue weighted by molar-refractivity contribution is 5.40. The molecule has 0 radical (unpaired) electrons. The Labute approximate surface area is 92.9 Å². The van der Waals surface area contributed by atoms with E-state index in [1.165, 1.54) is 12.0 Å². The van der Waals surface area contributed by atoms with E-state index >= 15 is 0 Å². The summed E-state index contributed by atoms with van der Waals surface area (Å²) in [5, 5.41) is 3.43. The molecule has 2 heteroatoms. The minimum absolute atomic E-state index is 0.573. The minimum atomic E-state index is 0.573. The lowest BCUT2D eigenvalue weighted by Crippen LogP contribution is -2.24. The molecule has 1 aromatic carbocycles. The molecule has 0 bridgehead atoms. The van der Waals surface area contributed by atoms with Crippen LogP contribution < -0.4 is 11.1 Å². The molecule has 0 heterocycles. The van der Waals surface area contributed by atoms with Gasteiger partial charge in [0.25, 0.3) is 0 Å². The van der Waals surface area contributed by atoms with Crippen LogP contribution in [0.3, 0.4) is 0 Å². The molecule has 0 spiro atoms. The van der Waals surface area contributed by atoms with Crippen molar-refractivity contribution >= 4 is 5.69 Å². The van der Waals surface area contributed by atoms with E-state index in [-0.39, 0.29) is 0 Å². The molecule has 1 aromatic rings. The molecule has 0 aliphatic heterocycles. The molecule has 1 unspecified atom stereocenters. The van der Waals surface area contributed by atoms with E-state index in [1.54, 1.807) is 0 Å². The number of hydrogen-bond donors (Lipinski definition) is 2. The summed E-state index contributed by atoms with van der Waals surface area (Å²) < 4.78 is 0. The van der Waals surface area contributed by atoms with Crippen molar-refractivity contribution in [3.8, 4) is 0 Å². The molecule has 0 aliphatic rings. The zero-order valence-corrected chi connectivity index (χ0v) is 9.96. The van der Waals surface area contributed by atoms with Gasteiger partial charge in [0, 0.05) is 11.7 Å². The Bertz CT molecular complexity index is 277. The maximum atomic E-state index is 5.65. The third-order valence-electron chi connectivity index (χ3n) is 2.64. The second kappa shape index (κ2) is 5.76. The van der Waals surface area contributed by atoms with Crippen molar-refractivity contribution in [1.29, 1.82) is 0 Å². The highest BCUT2D eigenvalue weighted by Crippen LogP contribution is 2.19. The summed E-state index contributed by atoms with van der Waals surface area (Å²) in [4.78, 5) is 0. The van der Waals surface area contributed by atoms with Crippen molar-refractivity contribution in [2.24, 2.45) is 0 Å². The maximum absolute atomic E-state index is 5.65. The third-order valence-corrected chi connectivity index (χ3v) is 2.64. The molecule has 0 saturated heterocycles. The highest BCUT2D eigenvalue weighted by atomic mass is 14.9. The van der Waals surface area contributed by atoms with Gasteiger partial charge in [0.15, 0.2) is 0 Å². The quantitative estimate of drug-likeness (QED) is 0.727. The van der Waals surface area contributed by atoms with E-state index < -0.39 is 0 Å². The van der Waals surface area contributed by atoms with Crippen LogP contribution in [-0.2, 0) is 0 Å². The Kier molecular flexibility index (Phi) is 4.63. The molecule has 1 atom stereocenters. The van der Waals surface area contributed by atoms with Crippen molar-refractivity contribution in [3.63, 3.8) is 0 Å². The standard InChI is InChI=1S/C13H22N2/c1-10(2)15-9-8-11(3)12-4-6-13(14)7-5-12/h4-7,10-11,15H,8-9,14H2,1-3H3. The Morgan fingerprint density at radius 1 is 1.13 bits per heavy atom. The summed E-state index contributed by atoms with van der Waals surface area (Å²) in [5.74, 6) is 0.594. The summed E-state index contributed by atoms with van der Waals surface area (Å²) in [7, 11) is 0. The summed E-state index contributed by atoms with van der Waals surface area (Å²) in [6, 6.07) is 8.76. The molecule has 0 amide bonds. The van der Waals surface area contributed by atoms with Gasteiger partial charge in [-0.1, -0.05) is 32.9 Å². The monoisotopic (exact) mass is 206 g/mol. The first-order valence-corrected chi connectivity index (χ1v) is 5.68. The molecule has 0 aliphatic carbocycles. The van der Waals surface area contributed by atoms with E-state index in [9.17, 15) is 0 Å². The van der Waals surface area contributed by atoms with Gasteiger partial charge in [0.1, 0.15) is 0 Å². The smallest absolute Gasteiger partial charge is 0.0314 e. The minimum Gasteiger partial charge on any atom is -0.399 e. The second-order valence-corrected chi connectivity index (χ2v) is 4.47. The van der Waals surface area contributed by atoms with Crippen LogP contribution in [0, 0.1) is 0 Å². The third kappa shape index (κ3) is 4.34. The average Bonchev–Trinajstić information content (AvgIpc) is 2.18. The predicted molar refractivity (Wildman–Crippen MR) is 67.0 cm³/mol. The van der Waals surface area contributed by atoms with Crippen molar-refractivity contribution in [1.82, 2.24) is 5.32 Å². The molecule has 0 saturated carbocycles. The van der Waals surface area contributed by atoms with Gasteiger partial charge in [-0.3, -0.25) is 0 Å². The first-order valence-electron chi connectivity index (χ1n) is 5.68. The summed E-state index contributed by atoms with van der Waals surface area (Å²) in [5.41, 5.74) is 7.86. The number of anilines is 1. The maximum Gasteiger partial charge on any atom is 0.0314 e. The van der Waals surface area contributed by atoms with Gasteiger partial charge in [-0.15, -0.1) is 0 Å². The van der Waals surface area contributed by atoms with Crippen LogP contribution >= 0.6 is 0 Å². The SMILES string of the molecule is CC(C)NCCC(C)c1ccc(N)cc1. The number of nitrogens with two attached hydrogens (primary N) is 1. The van der Waals surface area contributed by atoms with Gasteiger partial charge >= 0.3 is 0 Å². The number of nitrogen functional groups attached to an aromatic ring is 1. The molecule has 2 nitrogen and oxygen atoms in total. The fourth-order valence-electron chi connectivity index (χ4n) is 1.58. The normalized spacial score (nSPS) is 13.1. The van der Waals surface area contributed by atoms with Gasteiger partial charge < -0.3 is 11.1 Å². The molecule has 0 fully saturated rings. The van der Waals surface area contributed by atoms with Crippen LogP contribution in [0.15, 0.2) is 24.3 Å². The van der Waals surface area contributed by atoms with Crippen LogP contribution in [0.1, 0.15) is 38.7 Å². The van der Waals surface area contributed by atoms with Crippen molar-refractivity contribution in [3.05, 3.63) is 29.8 Å². The van der Waals surface area contributed by atoms with Gasteiger partial charge in [-0.05, 0) is 36.6 Å². The first kappa shape index (κ1) is 12.1. The van der Waals surface area contributed by atoms with Gasteiger partial charge in [0.2, 0.25) is 0 Å². The van der Waals surface area contributed by atoms with E-state index in [0.717, 1.165) is 12.2 Å². The summed E-state index contributed by atoms with van der Waals surface area (Å²) >= 11 is 0. The molecule has 3 N–H and O–H groups in total. The summed E-state index contributed by atoms with van der Waals surface area (Å²) in [6.45, 7) is 7.68. The molecule has 84 valence electrons. The second-order valence-electron chi connectivity index (χ2n) is 4.47. The first-order chi connectivity index (χ1) is 7.09. The molecule has 1 rings (SSSR count). The number of nitrogens with one attached hydrogen (secondary N) is 1. The average molecular weight is 206 g/mol. The fourth-order valence-corrected chi connectivity index (χ4v) is 1.58. The zero-order chi connectivity index (χ0) is 11.3. The van der Waals surface area contributed by atoms with Crippen LogP contribution in [0.4, 0.5) is 5.69 Å². The molecule has 0 aromatic heterocycles. The van der Waals surface area contributed by atoms with Crippen LogP contribution in [0.2, 0.25) is 0 Å². The topological polar surface area (TPSA) is 38.0 Å². The highest BCUT2D eigenvalue weighted by Gasteiger charge is 2.04. The number of rotatable bonds is 5. The lowest BCUT2D eigenvalue weighted by Gasteiger charge is -2.14. The van der Waals surface area contributed by atoms with E-state index in [2.05, 4.69) is 38.2 Å². The lowest BCUT2D eigenvalue weighted by molar-refractivity contribution is 0.541. The summed E-state index contributed by atoms with van der Waals surface area (Å²) in [6.07, 6.45) is 1.17. The van der Waals surface area contributed by atoms with E-state index in [1.807, 2.05) is 12.1 Å². The lowest BCUT2D eigenvalue weighted by atomic mass is 9.97. The zero-order valence-electron chi connectivity index (χ0n) is 9.96. The van der Waals surface area contributed by atoms with Crippen molar-refractivity contribution in [2.45, 2.75) is 39.2 Å². The Morgan fingerprint density at radius 3 is 2.27 bits per heavy atom. The van der Waals surface area contributed by atoms with Crippen LogP contribution in [0.25, 0.3) is 0 Å². The van der Waals surface area contributed by atoms with E-state index in [0.29, 0.717) is 12.0 Å². The van der Waals surface area contributed by atoms with Crippen molar-refractivity contribution in [2.75, 3.05) is 12.3 Å².